The van der Waals surface area contributed by atoms with Gasteiger partial charge in [0, 0.05) is 41.2 Å². The summed E-state index contributed by atoms with van der Waals surface area (Å²) in [4.78, 5) is 3.62. The van der Waals surface area contributed by atoms with Gasteiger partial charge < -0.3 is 15.4 Å². The molecule has 1 aromatic carbocycles. The Morgan fingerprint density at radius 3 is 2.95 bits per heavy atom. The van der Waals surface area contributed by atoms with Crippen molar-refractivity contribution in [2.75, 3.05) is 13.2 Å². The first kappa shape index (κ1) is 12.4. The molecule has 1 saturated carbocycles. The van der Waals surface area contributed by atoms with Crippen LogP contribution in [0.25, 0.3) is 10.9 Å². The van der Waals surface area contributed by atoms with Gasteiger partial charge in [0.1, 0.15) is 0 Å². The molecule has 0 aliphatic heterocycles. The molecule has 1 fully saturated rings. The molecule has 3 N–H and O–H groups in total. The molecule has 2 aromatic rings. The Kier molecular flexibility index (Phi) is 2.86. The van der Waals surface area contributed by atoms with Gasteiger partial charge in [0.2, 0.25) is 0 Å². The Bertz CT molecular complexity index is 627. The van der Waals surface area contributed by atoms with E-state index in [0.717, 1.165) is 6.54 Å². The monoisotopic (exact) mass is 270 g/mol. The third-order valence-corrected chi connectivity index (χ3v) is 5.13. The Balaban J connectivity index is 1.61. The topological polar surface area (TPSA) is 48.0 Å². The van der Waals surface area contributed by atoms with Crippen molar-refractivity contribution >= 4 is 10.9 Å². The van der Waals surface area contributed by atoms with Gasteiger partial charge in [-0.25, -0.2) is 0 Å². The highest BCUT2D eigenvalue weighted by molar-refractivity contribution is 5.85. The molecule has 106 valence electrons. The number of aliphatic hydroxyl groups excluding tert-OH is 1. The van der Waals surface area contributed by atoms with E-state index in [0.29, 0.717) is 12.6 Å². The number of hydrogen-bond donors (Lipinski definition) is 3. The van der Waals surface area contributed by atoms with Crippen LogP contribution in [0.2, 0.25) is 0 Å². The zero-order chi connectivity index (χ0) is 13.6. The van der Waals surface area contributed by atoms with Gasteiger partial charge in [-0.1, -0.05) is 18.2 Å². The molecule has 2 aliphatic rings. The number of hydrogen-bond acceptors (Lipinski definition) is 2. The average molecular weight is 270 g/mol. The number of nitrogens with one attached hydrogen (secondary N) is 2. The van der Waals surface area contributed by atoms with Crippen LogP contribution in [0.15, 0.2) is 24.3 Å². The lowest BCUT2D eigenvalue weighted by atomic mass is 9.91. The molecule has 20 heavy (non-hydrogen) atoms. The van der Waals surface area contributed by atoms with Crippen molar-refractivity contribution in [3.05, 3.63) is 35.5 Å². The Labute approximate surface area is 119 Å². The van der Waals surface area contributed by atoms with Gasteiger partial charge in [0.25, 0.3) is 0 Å². The summed E-state index contributed by atoms with van der Waals surface area (Å²) in [6.45, 7) is 1.27. The lowest BCUT2D eigenvalue weighted by molar-refractivity contribution is 0.202. The highest BCUT2D eigenvalue weighted by Gasteiger charge is 2.42. The van der Waals surface area contributed by atoms with Crippen LogP contribution in [-0.2, 0) is 6.42 Å². The Hall–Kier alpha value is -1.32. The number of fused-ring (bicyclic) bond motifs is 3. The van der Waals surface area contributed by atoms with E-state index >= 15 is 0 Å². The predicted molar refractivity (Wildman–Crippen MR) is 80.7 cm³/mol. The van der Waals surface area contributed by atoms with Crippen molar-refractivity contribution in [2.24, 2.45) is 5.41 Å². The van der Waals surface area contributed by atoms with Crippen molar-refractivity contribution < 1.29 is 5.11 Å². The van der Waals surface area contributed by atoms with Crippen LogP contribution in [0.3, 0.4) is 0 Å². The third kappa shape index (κ3) is 1.97. The van der Waals surface area contributed by atoms with Crippen LogP contribution in [0.5, 0.6) is 0 Å². The van der Waals surface area contributed by atoms with Crippen LogP contribution in [-0.4, -0.2) is 23.2 Å². The number of rotatable bonds is 4. The van der Waals surface area contributed by atoms with Gasteiger partial charge in [-0.2, -0.15) is 0 Å². The summed E-state index contributed by atoms with van der Waals surface area (Å²) < 4.78 is 0. The highest BCUT2D eigenvalue weighted by atomic mass is 16.3. The number of H-pyrrole nitrogens is 1. The second kappa shape index (κ2) is 4.61. The van der Waals surface area contributed by atoms with Crippen molar-refractivity contribution in [2.45, 2.75) is 38.1 Å². The second-order valence-corrected chi connectivity index (χ2v) is 6.55. The molecule has 0 saturated heterocycles. The van der Waals surface area contributed by atoms with Crippen molar-refractivity contribution in [1.29, 1.82) is 0 Å². The second-order valence-electron chi connectivity index (χ2n) is 6.55. The molecule has 3 nitrogen and oxygen atoms in total. The SMILES string of the molecule is OCC1(CNC2CCCc3c2[nH]c2ccccc32)CC1. The standard InChI is InChI=1S/C17H22N2O/c20-11-17(8-9-17)10-18-15-7-3-5-13-12-4-1-2-6-14(12)19-16(13)15/h1-2,4,6,15,18-20H,3,5,7-11H2. The number of benzene rings is 1. The zero-order valence-electron chi connectivity index (χ0n) is 11.8. The first-order chi connectivity index (χ1) is 9.81. The normalized spacial score (nSPS) is 23.8. The van der Waals surface area contributed by atoms with Crippen LogP contribution in [0.1, 0.15) is 43.0 Å². The van der Waals surface area contributed by atoms with Gasteiger partial charge >= 0.3 is 0 Å². The fourth-order valence-corrected chi connectivity index (χ4v) is 3.53. The molecular weight excluding hydrogens is 248 g/mol. The fourth-order valence-electron chi connectivity index (χ4n) is 3.53. The Morgan fingerprint density at radius 2 is 2.15 bits per heavy atom. The summed E-state index contributed by atoms with van der Waals surface area (Å²) >= 11 is 0. The summed E-state index contributed by atoms with van der Waals surface area (Å²) in [6, 6.07) is 9.04. The number of aromatic amines is 1. The summed E-state index contributed by atoms with van der Waals surface area (Å²) in [6.07, 6.45) is 5.97. The van der Waals surface area contributed by atoms with E-state index in [1.54, 1.807) is 0 Å². The number of para-hydroxylation sites is 1. The van der Waals surface area contributed by atoms with E-state index in [4.69, 9.17) is 0 Å². The van der Waals surface area contributed by atoms with Gasteiger partial charge in [-0.3, -0.25) is 0 Å². The average Bonchev–Trinajstić information content (AvgIpc) is 3.18. The summed E-state index contributed by atoms with van der Waals surface area (Å²) in [7, 11) is 0. The van der Waals surface area contributed by atoms with Crippen LogP contribution in [0.4, 0.5) is 0 Å². The van der Waals surface area contributed by atoms with Crippen molar-refractivity contribution in [3.8, 4) is 0 Å². The summed E-state index contributed by atoms with van der Waals surface area (Å²) in [5.41, 5.74) is 4.32. The minimum absolute atomic E-state index is 0.184. The maximum Gasteiger partial charge on any atom is 0.0499 e. The van der Waals surface area contributed by atoms with Gasteiger partial charge in [0.15, 0.2) is 0 Å². The van der Waals surface area contributed by atoms with Gasteiger partial charge in [-0.05, 0) is 43.7 Å². The zero-order valence-corrected chi connectivity index (χ0v) is 11.8. The van der Waals surface area contributed by atoms with E-state index < -0.39 is 0 Å². The predicted octanol–water partition coefficient (Wildman–Crippen LogP) is 2.91. The van der Waals surface area contributed by atoms with Crippen LogP contribution < -0.4 is 5.32 Å². The maximum absolute atomic E-state index is 9.45. The number of aliphatic hydroxyl groups is 1. The van der Waals surface area contributed by atoms with E-state index in [2.05, 4.69) is 34.6 Å². The molecule has 1 heterocycles. The van der Waals surface area contributed by atoms with Crippen molar-refractivity contribution in [1.82, 2.24) is 10.3 Å². The molecule has 0 bridgehead atoms. The minimum Gasteiger partial charge on any atom is -0.396 e. The minimum atomic E-state index is 0.184. The number of aryl methyl sites for hydroxylation is 1. The van der Waals surface area contributed by atoms with E-state index in [9.17, 15) is 5.11 Å². The van der Waals surface area contributed by atoms with Crippen LogP contribution >= 0.6 is 0 Å². The molecule has 0 amide bonds. The number of aromatic nitrogens is 1. The fraction of sp³-hybridized carbons (Fsp3) is 0.529. The quantitative estimate of drug-likeness (QED) is 0.800. The van der Waals surface area contributed by atoms with E-state index in [-0.39, 0.29) is 5.41 Å². The molecule has 1 aromatic heterocycles. The molecule has 1 atom stereocenters. The summed E-state index contributed by atoms with van der Waals surface area (Å²) in [5, 5.41) is 14.5. The lowest BCUT2D eigenvalue weighted by Gasteiger charge is -2.26. The molecule has 0 spiro atoms. The highest BCUT2D eigenvalue weighted by Crippen LogP contribution is 2.45. The van der Waals surface area contributed by atoms with E-state index in [1.165, 1.54) is 54.3 Å². The van der Waals surface area contributed by atoms with Crippen LogP contribution in [0, 0.1) is 5.41 Å². The first-order valence-electron chi connectivity index (χ1n) is 7.75. The summed E-state index contributed by atoms with van der Waals surface area (Å²) in [5.74, 6) is 0. The lowest BCUT2D eigenvalue weighted by Crippen LogP contribution is -2.32. The largest absolute Gasteiger partial charge is 0.396 e. The molecule has 2 aliphatic carbocycles. The molecule has 3 heteroatoms. The Morgan fingerprint density at radius 1 is 1.30 bits per heavy atom. The smallest absolute Gasteiger partial charge is 0.0499 e. The molecule has 0 radical (unpaired) electrons. The van der Waals surface area contributed by atoms with Gasteiger partial charge in [-0.15, -0.1) is 0 Å². The molecule has 4 rings (SSSR count). The third-order valence-electron chi connectivity index (χ3n) is 5.13. The molecule has 1 unspecified atom stereocenters. The molecular formula is C17H22N2O. The van der Waals surface area contributed by atoms with Gasteiger partial charge in [0.05, 0.1) is 0 Å². The maximum atomic E-state index is 9.45. The first-order valence-corrected chi connectivity index (χ1v) is 7.75. The van der Waals surface area contributed by atoms with E-state index in [1.807, 2.05) is 0 Å². The van der Waals surface area contributed by atoms with Crippen molar-refractivity contribution in [3.63, 3.8) is 0 Å².